The van der Waals surface area contributed by atoms with Gasteiger partial charge in [-0.2, -0.15) is 0 Å². The Bertz CT molecular complexity index is 809. The highest BCUT2D eigenvalue weighted by Crippen LogP contribution is 2.39. The zero-order valence-electron chi connectivity index (χ0n) is 17.3. The first-order valence-corrected chi connectivity index (χ1v) is 10.9. The molecule has 1 aliphatic heterocycles. The quantitative estimate of drug-likeness (QED) is 0.525. The van der Waals surface area contributed by atoms with Gasteiger partial charge in [0.2, 0.25) is 0 Å². The molecule has 28 heavy (non-hydrogen) atoms. The van der Waals surface area contributed by atoms with E-state index in [0.29, 0.717) is 0 Å². The summed E-state index contributed by atoms with van der Waals surface area (Å²) >= 11 is 3.63. The van der Waals surface area contributed by atoms with Crippen molar-refractivity contribution in [3.63, 3.8) is 0 Å². The van der Waals surface area contributed by atoms with Crippen LogP contribution in [0.15, 0.2) is 46.9 Å². The number of ether oxygens (including phenoxy) is 1. The zero-order valence-corrected chi connectivity index (χ0v) is 18.9. The average molecular weight is 444 g/mol. The lowest BCUT2D eigenvalue weighted by molar-refractivity contribution is 0.0558. The predicted octanol–water partition coefficient (Wildman–Crippen LogP) is 6.70. The lowest BCUT2D eigenvalue weighted by Crippen LogP contribution is -2.47. The minimum atomic E-state index is -0.513. The fourth-order valence-electron chi connectivity index (χ4n) is 3.92. The predicted molar refractivity (Wildman–Crippen MR) is 119 cm³/mol. The highest BCUT2D eigenvalue weighted by molar-refractivity contribution is 9.10. The lowest BCUT2D eigenvalue weighted by Gasteiger charge is -2.39. The zero-order chi connectivity index (χ0) is 20.3. The smallest absolute Gasteiger partial charge is 0.415 e. The van der Waals surface area contributed by atoms with Gasteiger partial charge in [0.05, 0.1) is 5.69 Å². The van der Waals surface area contributed by atoms with Gasteiger partial charge in [-0.1, -0.05) is 53.2 Å². The third-order valence-corrected chi connectivity index (χ3v) is 5.62. The van der Waals surface area contributed by atoms with Crippen LogP contribution in [0.3, 0.4) is 0 Å². The molecule has 0 radical (unpaired) electrons. The molecule has 150 valence electrons. The van der Waals surface area contributed by atoms with Crippen LogP contribution in [-0.4, -0.2) is 17.7 Å². The largest absolute Gasteiger partial charge is 0.443 e. The number of fused-ring (bicyclic) bond motifs is 1. The van der Waals surface area contributed by atoms with Gasteiger partial charge < -0.3 is 4.74 Å². The van der Waals surface area contributed by atoms with Crippen LogP contribution >= 0.6 is 15.9 Å². The molecule has 0 saturated carbocycles. The van der Waals surface area contributed by atoms with Crippen LogP contribution in [0.4, 0.5) is 10.5 Å². The molecule has 1 unspecified atom stereocenters. The first kappa shape index (κ1) is 20.9. The van der Waals surface area contributed by atoms with Gasteiger partial charge in [0.15, 0.2) is 0 Å². The first-order chi connectivity index (χ1) is 13.3. The van der Waals surface area contributed by atoms with E-state index in [4.69, 9.17) is 4.74 Å². The number of anilines is 1. The Morgan fingerprint density at radius 1 is 1.21 bits per heavy atom. The summed E-state index contributed by atoms with van der Waals surface area (Å²) in [5, 5.41) is 0. The van der Waals surface area contributed by atoms with E-state index >= 15 is 0 Å². The molecule has 4 heteroatoms. The fraction of sp³-hybridized carbons (Fsp3) is 0.458. The van der Waals surface area contributed by atoms with E-state index in [2.05, 4.69) is 59.3 Å². The van der Waals surface area contributed by atoms with Crippen molar-refractivity contribution in [2.24, 2.45) is 0 Å². The average Bonchev–Trinajstić information content (AvgIpc) is 2.64. The second kappa shape index (κ2) is 8.69. The number of amides is 1. The summed E-state index contributed by atoms with van der Waals surface area (Å²) in [7, 11) is 0. The van der Waals surface area contributed by atoms with Crippen LogP contribution in [0, 0.1) is 0 Å². The number of benzene rings is 2. The van der Waals surface area contributed by atoms with Gasteiger partial charge in [0.1, 0.15) is 5.60 Å². The molecule has 1 atom stereocenters. The van der Waals surface area contributed by atoms with Crippen LogP contribution in [0.5, 0.6) is 0 Å². The van der Waals surface area contributed by atoms with Crippen molar-refractivity contribution in [2.75, 3.05) is 4.90 Å². The summed E-state index contributed by atoms with van der Waals surface area (Å²) in [4.78, 5) is 15.2. The van der Waals surface area contributed by atoms with E-state index in [1.165, 1.54) is 16.7 Å². The second-order valence-electron chi connectivity index (χ2n) is 8.49. The van der Waals surface area contributed by atoms with Gasteiger partial charge in [-0.05, 0) is 81.7 Å². The van der Waals surface area contributed by atoms with Crippen molar-refractivity contribution in [1.82, 2.24) is 0 Å². The van der Waals surface area contributed by atoms with E-state index in [1.807, 2.05) is 31.7 Å². The Morgan fingerprint density at radius 2 is 1.93 bits per heavy atom. The van der Waals surface area contributed by atoms with Crippen LogP contribution in [0.25, 0.3) is 0 Å². The maximum Gasteiger partial charge on any atom is 0.415 e. The Morgan fingerprint density at radius 3 is 2.57 bits per heavy atom. The molecule has 0 N–H and O–H groups in total. The normalized spacial score (nSPS) is 16.6. The summed E-state index contributed by atoms with van der Waals surface area (Å²) in [5.41, 5.74) is 4.28. The highest BCUT2D eigenvalue weighted by Gasteiger charge is 2.35. The molecule has 0 aromatic heterocycles. The van der Waals surface area contributed by atoms with Gasteiger partial charge in [-0.3, -0.25) is 4.90 Å². The molecule has 0 spiro atoms. The van der Waals surface area contributed by atoms with Gasteiger partial charge in [0, 0.05) is 10.5 Å². The molecule has 0 bridgehead atoms. The fourth-order valence-corrected chi connectivity index (χ4v) is 4.48. The van der Waals surface area contributed by atoms with Crippen molar-refractivity contribution < 1.29 is 9.53 Å². The summed E-state index contributed by atoms with van der Waals surface area (Å²) in [6.45, 7) is 7.92. The number of hydrogen-bond acceptors (Lipinski definition) is 2. The third kappa shape index (κ3) is 4.96. The van der Waals surface area contributed by atoms with E-state index in [-0.39, 0.29) is 12.1 Å². The first-order valence-electron chi connectivity index (χ1n) is 10.2. The third-order valence-electron chi connectivity index (χ3n) is 5.17. The van der Waals surface area contributed by atoms with Crippen LogP contribution in [0.2, 0.25) is 0 Å². The number of hydrogen-bond donors (Lipinski definition) is 0. The summed E-state index contributed by atoms with van der Waals surface area (Å²) in [5.74, 6) is 0. The van der Waals surface area contributed by atoms with Gasteiger partial charge in [-0.15, -0.1) is 0 Å². The molecule has 1 aliphatic rings. The number of aryl methyl sites for hydroxylation is 3. The number of carbonyl (C=O) groups excluding carboxylic acids is 1. The van der Waals surface area contributed by atoms with Crippen LogP contribution < -0.4 is 4.90 Å². The Kier molecular flexibility index (Phi) is 6.49. The number of rotatable bonds is 4. The van der Waals surface area contributed by atoms with E-state index in [9.17, 15) is 4.79 Å². The summed E-state index contributed by atoms with van der Waals surface area (Å²) < 4.78 is 6.90. The molecule has 2 aromatic carbocycles. The van der Waals surface area contributed by atoms with Gasteiger partial charge in [-0.25, -0.2) is 4.79 Å². The second-order valence-corrected chi connectivity index (χ2v) is 9.41. The molecule has 2 aromatic rings. The van der Waals surface area contributed by atoms with Crippen LogP contribution in [-0.2, 0) is 24.0 Å². The lowest BCUT2D eigenvalue weighted by atomic mass is 9.89. The van der Waals surface area contributed by atoms with E-state index < -0.39 is 5.60 Å². The molecular formula is C24H30BrNO2. The molecule has 0 aliphatic carbocycles. The SMILES string of the molecule is CCc1cc(Br)cc2c1N(C(=O)OC(C)(C)C)C(CCc1ccccc1)CC2. The Labute approximate surface area is 177 Å². The number of nitrogens with zero attached hydrogens (tertiary/aromatic N) is 1. The minimum absolute atomic E-state index is 0.147. The van der Waals surface area contributed by atoms with Crippen molar-refractivity contribution in [1.29, 1.82) is 0 Å². The highest BCUT2D eigenvalue weighted by atomic mass is 79.9. The molecule has 3 rings (SSSR count). The number of halogens is 1. The van der Waals surface area contributed by atoms with E-state index in [1.54, 1.807) is 0 Å². The van der Waals surface area contributed by atoms with Crippen molar-refractivity contribution in [3.05, 3.63) is 63.6 Å². The van der Waals surface area contributed by atoms with Crippen molar-refractivity contribution >= 4 is 27.7 Å². The van der Waals surface area contributed by atoms with E-state index in [0.717, 1.165) is 42.3 Å². The molecule has 3 nitrogen and oxygen atoms in total. The molecule has 1 heterocycles. The maximum absolute atomic E-state index is 13.2. The number of carbonyl (C=O) groups is 1. The Hall–Kier alpha value is -1.81. The maximum atomic E-state index is 13.2. The van der Waals surface area contributed by atoms with Crippen LogP contribution in [0.1, 0.15) is 57.2 Å². The molecule has 1 amide bonds. The molecular weight excluding hydrogens is 414 g/mol. The van der Waals surface area contributed by atoms with Gasteiger partial charge in [0.25, 0.3) is 0 Å². The van der Waals surface area contributed by atoms with Crippen molar-refractivity contribution in [2.45, 2.75) is 71.4 Å². The summed E-state index contributed by atoms with van der Waals surface area (Å²) in [6, 6.07) is 14.9. The topological polar surface area (TPSA) is 29.5 Å². The monoisotopic (exact) mass is 443 g/mol. The van der Waals surface area contributed by atoms with Crippen molar-refractivity contribution in [3.8, 4) is 0 Å². The summed E-state index contributed by atoms with van der Waals surface area (Å²) in [6.07, 6.45) is 4.48. The molecule has 0 fully saturated rings. The Balaban J connectivity index is 1.94. The van der Waals surface area contributed by atoms with Gasteiger partial charge >= 0.3 is 6.09 Å². The minimum Gasteiger partial charge on any atom is -0.443 e. The molecule has 0 saturated heterocycles. The standard InChI is InChI=1S/C24H30BrNO2/c1-5-18-15-20(25)16-19-12-14-21(13-11-17-9-7-6-8-10-17)26(22(18)19)23(27)28-24(2,3)4/h6-10,15-16,21H,5,11-14H2,1-4H3.